The van der Waals surface area contributed by atoms with Crippen molar-refractivity contribution in [2.45, 2.75) is 5.41 Å². The van der Waals surface area contributed by atoms with E-state index in [2.05, 4.69) is 222 Å². The summed E-state index contributed by atoms with van der Waals surface area (Å²) >= 11 is 0. The summed E-state index contributed by atoms with van der Waals surface area (Å²) in [5.74, 6) is 0. The number of aromatic nitrogens is 1. The van der Waals surface area contributed by atoms with Gasteiger partial charge < -0.3 is 9.47 Å². The Kier molecular flexibility index (Phi) is 6.49. The molecule has 1 spiro atoms. The quantitative estimate of drug-likeness (QED) is 0.164. The van der Waals surface area contributed by atoms with Gasteiger partial charge in [0.2, 0.25) is 6.71 Å². The summed E-state index contributed by atoms with van der Waals surface area (Å²) in [5.41, 5.74) is 21.2. The standard InChI is InChI=1S/C55H35BN2/c1-2-15-36(16-3-1)37-29-31-38(32-30-37)56-48-34-33-39(57-50-26-11-6-19-42(50)43-20-7-12-27-51(43)57)35-53(48)58-52-28-13-10-23-46(52)55(47-24-14-25-49(56)54(47)58)44-21-8-4-17-40(44)41-18-5-9-22-45(41)55/h1-35H. The average molecular weight is 735 g/mol. The largest absolute Gasteiger partial charge is 0.311 e. The number of fused-ring (bicyclic) bond motifs is 14. The maximum atomic E-state index is 2.61. The predicted molar refractivity (Wildman–Crippen MR) is 243 cm³/mol. The van der Waals surface area contributed by atoms with Gasteiger partial charge in [0.25, 0.3) is 0 Å². The monoisotopic (exact) mass is 734 g/mol. The van der Waals surface area contributed by atoms with Crippen LogP contribution in [0.15, 0.2) is 212 Å². The summed E-state index contributed by atoms with van der Waals surface area (Å²) in [6.07, 6.45) is 0. The number of nitrogens with zero attached hydrogens (tertiary/aromatic N) is 2. The van der Waals surface area contributed by atoms with Gasteiger partial charge >= 0.3 is 0 Å². The lowest BCUT2D eigenvalue weighted by molar-refractivity contribution is 0.753. The smallest absolute Gasteiger partial charge is 0.246 e. The molecule has 0 saturated heterocycles. The Morgan fingerprint density at radius 3 is 1.66 bits per heavy atom. The number of para-hydroxylation sites is 4. The molecule has 9 aromatic carbocycles. The van der Waals surface area contributed by atoms with Crippen LogP contribution in [-0.2, 0) is 5.41 Å². The van der Waals surface area contributed by atoms with E-state index in [1.807, 2.05) is 0 Å². The van der Waals surface area contributed by atoms with Crippen LogP contribution in [0.25, 0.3) is 49.7 Å². The molecular formula is C55H35BN2. The van der Waals surface area contributed by atoms with Gasteiger partial charge in [-0.3, -0.25) is 0 Å². The van der Waals surface area contributed by atoms with Gasteiger partial charge in [-0.2, -0.15) is 0 Å². The van der Waals surface area contributed by atoms with Crippen molar-refractivity contribution >= 4 is 62.0 Å². The van der Waals surface area contributed by atoms with Gasteiger partial charge in [0.1, 0.15) is 0 Å². The SMILES string of the molecule is c1ccc(-c2ccc(B3c4ccc(-n5c6ccccc6c6ccccc65)cc4N4c5ccccc5C5(c6ccccc6-c6ccccc65)c5cccc3c54)cc2)cc1. The van der Waals surface area contributed by atoms with Crippen LogP contribution in [-0.4, -0.2) is 11.3 Å². The zero-order valence-corrected chi connectivity index (χ0v) is 31.7. The fourth-order valence-corrected chi connectivity index (χ4v) is 11.0. The van der Waals surface area contributed by atoms with Gasteiger partial charge in [-0.15, -0.1) is 0 Å². The van der Waals surface area contributed by atoms with Crippen LogP contribution in [0.2, 0.25) is 0 Å². The molecule has 2 aliphatic heterocycles. The molecule has 3 aliphatic rings. The van der Waals surface area contributed by atoms with Crippen molar-refractivity contribution in [3.63, 3.8) is 0 Å². The van der Waals surface area contributed by atoms with Gasteiger partial charge in [-0.25, -0.2) is 0 Å². The van der Waals surface area contributed by atoms with Crippen LogP contribution in [0.3, 0.4) is 0 Å². The van der Waals surface area contributed by atoms with Crippen molar-refractivity contribution in [3.8, 4) is 27.9 Å². The lowest BCUT2D eigenvalue weighted by Gasteiger charge is -2.49. The molecule has 1 aromatic heterocycles. The van der Waals surface area contributed by atoms with Crippen LogP contribution >= 0.6 is 0 Å². The second-order valence-electron chi connectivity index (χ2n) is 16.0. The molecule has 58 heavy (non-hydrogen) atoms. The highest BCUT2D eigenvalue weighted by molar-refractivity contribution is 6.98. The lowest BCUT2D eigenvalue weighted by atomic mass is 9.34. The van der Waals surface area contributed by atoms with E-state index in [0.29, 0.717) is 0 Å². The summed E-state index contributed by atoms with van der Waals surface area (Å²) in [5, 5.41) is 2.53. The first-order chi connectivity index (χ1) is 28.8. The minimum atomic E-state index is -0.477. The second-order valence-corrected chi connectivity index (χ2v) is 16.0. The van der Waals surface area contributed by atoms with Crippen LogP contribution in [0, 0.1) is 0 Å². The first kappa shape index (κ1) is 31.8. The first-order valence-corrected chi connectivity index (χ1v) is 20.3. The molecule has 0 N–H and O–H groups in total. The molecule has 0 radical (unpaired) electrons. The molecule has 1 aliphatic carbocycles. The van der Waals surface area contributed by atoms with Crippen molar-refractivity contribution in [2.75, 3.05) is 4.90 Å². The summed E-state index contributed by atoms with van der Waals surface area (Å²) in [4.78, 5) is 2.61. The van der Waals surface area contributed by atoms with Gasteiger partial charge in [0.15, 0.2) is 0 Å². The van der Waals surface area contributed by atoms with Crippen molar-refractivity contribution in [2.24, 2.45) is 0 Å². The molecule has 2 nitrogen and oxygen atoms in total. The van der Waals surface area contributed by atoms with Crippen molar-refractivity contribution < 1.29 is 0 Å². The molecule has 13 rings (SSSR count). The zero-order valence-electron chi connectivity index (χ0n) is 31.7. The maximum Gasteiger partial charge on any atom is 0.246 e. The molecule has 268 valence electrons. The van der Waals surface area contributed by atoms with Crippen LogP contribution in [0.1, 0.15) is 22.3 Å². The Hall–Kier alpha value is -7.36. The number of anilines is 3. The predicted octanol–water partition coefficient (Wildman–Crippen LogP) is 11.4. The summed E-state index contributed by atoms with van der Waals surface area (Å²) in [6.45, 7) is 0.0208. The Labute approximate surface area is 338 Å². The van der Waals surface area contributed by atoms with Gasteiger partial charge in [-0.1, -0.05) is 187 Å². The Morgan fingerprint density at radius 1 is 0.379 bits per heavy atom. The highest BCUT2D eigenvalue weighted by Crippen LogP contribution is 2.63. The third-order valence-electron chi connectivity index (χ3n) is 13.3. The molecular weight excluding hydrogens is 699 g/mol. The molecule has 0 saturated carbocycles. The van der Waals surface area contributed by atoms with Crippen molar-refractivity contribution in [3.05, 3.63) is 235 Å². The number of hydrogen-bond donors (Lipinski definition) is 0. The molecule has 10 aromatic rings. The molecule has 0 atom stereocenters. The normalized spacial score (nSPS) is 13.9. The molecule has 3 heterocycles. The van der Waals surface area contributed by atoms with E-state index in [4.69, 9.17) is 0 Å². The van der Waals surface area contributed by atoms with Crippen molar-refractivity contribution in [1.82, 2.24) is 4.57 Å². The zero-order chi connectivity index (χ0) is 38.0. The number of benzene rings is 9. The highest BCUT2D eigenvalue weighted by Gasteiger charge is 2.53. The third kappa shape index (κ3) is 4.07. The van der Waals surface area contributed by atoms with E-state index in [1.165, 1.54) is 99.8 Å². The molecule has 0 fully saturated rings. The number of hydrogen-bond acceptors (Lipinski definition) is 1. The van der Waals surface area contributed by atoms with E-state index in [-0.39, 0.29) is 6.71 Å². The summed E-state index contributed by atoms with van der Waals surface area (Å²) in [7, 11) is 0. The maximum absolute atomic E-state index is 2.61. The third-order valence-corrected chi connectivity index (χ3v) is 13.3. The fourth-order valence-electron chi connectivity index (χ4n) is 11.0. The summed E-state index contributed by atoms with van der Waals surface area (Å²) < 4.78 is 2.46. The lowest BCUT2D eigenvalue weighted by Crippen LogP contribution is -2.59. The van der Waals surface area contributed by atoms with E-state index in [0.717, 1.165) is 5.69 Å². The van der Waals surface area contributed by atoms with Crippen LogP contribution in [0.5, 0.6) is 0 Å². The minimum absolute atomic E-state index is 0.0208. The van der Waals surface area contributed by atoms with E-state index >= 15 is 0 Å². The Balaban J connectivity index is 1.13. The van der Waals surface area contributed by atoms with Crippen LogP contribution < -0.4 is 21.3 Å². The topological polar surface area (TPSA) is 8.17 Å². The van der Waals surface area contributed by atoms with E-state index in [1.54, 1.807) is 0 Å². The Morgan fingerprint density at radius 2 is 0.948 bits per heavy atom. The Bertz CT molecular complexity index is 3210. The van der Waals surface area contributed by atoms with Gasteiger partial charge in [0, 0.05) is 27.8 Å². The van der Waals surface area contributed by atoms with Gasteiger partial charge in [-0.05, 0) is 85.8 Å². The number of rotatable bonds is 3. The molecule has 0 bridgehead atoms. The second kappa shape index (κ2) is 11.8. The first-order valence-electron chi connectivity index (χ1n) is 20.3. The van der Waals surface area contributed by atoms with E-state index < -0.39 is 5.41 Å². The molecule has 0 amide bonds. The molecule has 3 heteroatoms. The average Bonchev–Trinajstić information content (AvgIpc) is 3.79. The van der Waals surface area contributed by atoms with Crippen LogP contribution in [0.4, 0.5) is 17.1 Å². The highest BCUT2D eigenvalue weighted by atomic mass is 15.2. The van der Waals surface area contributed by atoms with E-state index in [9.17, 15) is 0 Å². The summed E-state index contributed by atoms with van der Waals surface area (Å²) in [6, 6.07) is 79.4. The molecule has 0 unspecified atom stereocenters. The van der Waals surface area contributed by atoms with Gasteiger partial charge in [0.05, 0.1) is 22.1 Å². The minimum Gasteiger partial charge on any atom is -0.311 e. The van der Waals surface area contributed by atoms with Crippen molar-refractivity contribution in [1.29, 1.82) is 0 Å². The fraction of sp³-hybridized carbons (Fsp3) is 0.0182.